The molecule has 3 atom stereocenters. The summed E-state index contributed by atoms with van der Waals surface area (Å²) >= 11 is 7.22. The highest BCUT2D eigenvalue weighted by molar-refractivity contribution is 7.17. The Hall–Kier alpha value is -1.19. The van der Waals surface area contributed by atoms with Crippen LogP contribution in [0.1, 0.15) is 35.9 Å². The molecule has 166 valence electrons. The average molecular weight is 456 g/mol. The minimum absolute atomic E-state index is 0.0269. The van der Waals surface area contributed by atoms with E-state index in [1.54, 1.807) is 12.1 Å². The maximum absolute atomic E-state index is 13.5. The van der Waals surface area contributed by atoms with E-state index in [0.29, 0.717) is 28.8 Å². The Morgan fingerprint density at radius 2 is 2.07 bits per heavy atom. The van der Waals surface area contributed by atoms with Crippen LogP contribution in [0.25, 0.3) is 0 Å². The first-order valence-corrected chi connectivity index (χ1v) is 11.8. The van der Waals surface area contributed by atoms with E-state index in [-0.39, 0.29) is 29.4 Å². The van der Waals surface area contributed by atoms with Gasteiger partial charge in [-0.3, -0.25) is 9.59 Å². The Morgan fingerprint density at radius 1 is 1.30 bits per heavy atom. The SMILES string of the molecule is CC1CN(C)CC(C(=O)N2CC3(CCOCC3)CC2CNC(=O)c2ccc(Cl)s2)O1. The molecule has 3 saturated heterocycles. The number of ether oxygens (including phenoxy) is 2. The number of morpholine rings is 1. The van der Waals surface area contributed by atoms with Gasteiger partial charge in [0.25, 0.3) is 11.8 Å². The van der Waals surface area contributed by atoms with Gasteiger partial charge in [0.2, 0.25) is 0 Å². The molecule has 4 rings (SSSR count). The van der Waals surface area contributed by atoms with E-state index in [9.17, 15) is 9.59 Å². The summed E-state index contributed by atoms with van der Waals surface area (Å²) in [6, 6.07) is 3.41. The molecule has 1 aromatic rings. The number of likely N-dealkylation sites (N-methyl/N-ethyl adjacent to an activating group) is 1. The largest absolute Gasteiger partial charge is 0.381 e. The van der Waals surface area contributed by atoms with Crippen molar-refractivity contribution in [3.63, 3.8) is 0 Å². The van der Waals surface area contributed by atoms with Gasteiger partial charge in [0.1, 0.15) is 6.10 Å². The van der Waals surface area contributed by atoms with E-state index in [0.717, 1.165) is 39.0 Å². The highest BCUT2D eigenvalue weighted by Crippen LogP contribution is 2.43. The van der Waals surface area contributed by atoms with E-state index in [4.69, 9.17) is 21.1 Å². The van der Waals surface area contributed by atoms with Crippen molar-refractivity contribution in [1.82, 2.24) is 15.1 Å². The number of carbonyl (C=O) groups is 2. The lowest BCUT2D eigenvalue weighted by Crippen LogP contribution is -2.54. The van der Waals surface area contributed by atoms with Gasteiger partial charge in [-0.05, 0) is 50.8 Å². The minimum atomic E-state index is -0.456. The first-order chi connectivity index (χ1) is 14.3. The zero-order valence-corrected chi connectivity index (χ0v) is 19.1. The molecule has 1 N–H and O–H groups in total. The maximum atomic E-state index is 13.5. The van der Waals surface area contributed by atoms with Crippen molar-refractivity contribution >= 4 is 34.8 Å². The highest BCUT2D eigenvalue weighted by atomic mass is 35.5. The third-order valence-corrected chi connectivity index (χ3v) is 7.70. The van der Waals surface area contributed by atoms with Gasteiger partial charge < -0.3 is 24.6 Å². The molecule has 9 heteroatoms. The molecule has 0 aromatic carbocycles. The monoisotopic (exact) mass is 455 g/mol. The second kappa shape index (κ2) is 9.12. The number of likely N-dealkylation sites (tertiary alicyclic amines) is 1. The third-order valence-electron chi connectivity index (χ3n) is 6.47. The van der Waals surface area contributed by atoms with Crippen LogP contribution in [0.4, 0.5) is 0 Å². The molecule has 4 heterocycles. The van der Waals surface area contributed by atoms with Crippen LogP contribution in [0.15, 0.2) is 12.1 Å². The molecule has 0 saturated carbocycles. The van der Waals surface area contributed by atoms with Gasteiger partial charge >= 0.3 is 0 Å². The van der Waals surface area contributed by atoms with Gasteiger partial charge in [-0.2, -0.15) is 0 Å². The summed E-state index contributed by atoms with van der Waals surface area (Å²) in [5, 5.41) is 3.02. The number of hydrogen-bond donors (Lipinski definition) is 1. The number of carbonyl (C=O) groups excluding carboxylic acids is 2. The lowest BCUT2D eigenvalue weighted by molar-refractivity contribution is -0.156. The minimum Gasteiger partial charge on any atom is -0.381 e. The van der Waals surface area contributed by atoms with Gasteiger partial charge in [-0.1, -0.05) is 11.6 Å². The Labute approximate surface area is 186 Å². The van der Waals surface area contributed by atoms with Crippen LogP contribution in [0.3, 0.4) is 0 Å². The lowest BCUT2D eigenvalue weighted by Gasteiger charge is -2.37. The Kier molecular flexibility index (Phi) is 6.70. The third kappa shape index (κ3) is 4.83. The molecule has 3 aliphatic heterocycles. The van der Waals surface area contributed by atoms with E-state index >= 15 is 0 Å². The molecule has 7 nitrogen and oxygen atoms in total. The van der Waals surface area contributed by atoms with Crippen molar-refractivity contribution in [1.29, 1.82) is 0 Å². The summed E-state index contributed by atoms with van der Waals surface area (Å²) in [6.07, 6.45) is 2.35. The quantitative estimate of drug-likeness (QED) is 0.754. The standard InChI is InChI=1S/C21H30ClN3O4S/c1-14-11-24(2)12-16(29-14)20(27)25-13-21(5-7-28-8-6-21)9-15(25)10-23-19(26)17-3-4-18(22)30-17/h3-4,14-16H,5-13H2,1-2H3,(H,23,26). The Balaban J connectivity index is 1.46. The van der Waals surface area contributed by atoms with Crippen LogP contribution in [-0.2, 0) is 14.3 Å². The fourth-order valence-electron chi connectivity index (χ4n) is 4.99. The van der Waals surface area contributed by atoms with E-state index in [1.165, 1.54) is 11.3 Å². The van der Waals surface area contributed by atoms with E-state index < -0.39 is 6.10 Å². The van der Waals surface area contributed by atoms with Crippen LogP contribution in [-0.4, -0.2) is 86.3 Å². The second-order valence-electron chi connectivity index (χ2n) is 8.91. The van der Waals surface area contributed by atoms with E-state index in [2.05, 4.69) is 10.2 Å². The molecule has 3 fully saturated rings. The molecule has 1 aromatic heterocycles. The van der Waals surface area contributed by atoms with Crippen molar-refractivity contribution < 1.29 is 19.1 Å². The van der Waals surface area contributed by atoms with Crippen LogP contribution in [0, 0.1) is 5.41 Å². The van der Waals surface area contributed by atoms with Gasteiger partial charge in [0, 0.05) is 45.4 Å². The van der Waals surface area contributed by atoms with Crippen molar-refractivity contribution in [3.05, 3.63) is 21.3 Å². The first kappa shape index (κ1) is 22.0. The first-order valence-electron chi connectivity index (χ1n) is 10.6. The number of amides is 2. The zero-order valence-electron chi connectivity index (χ0n) is 17.6. The molecular formula is C21H30ClN3O4S. The molecule has 3 unspecified atom stereocenters. The van der Waals surface area contributed by atoms with Crippen LogP contribution >= 0.6 is 22.9 Å². The number of nitrogens with zero attached hydrogens (tertiary/aromatic N) is 2. The molecule has 0 bridgehead atoms. The topological polar surface area (TPSA) is 71.1 Å². The van der Waals surface area contributed by atoms with Gasteiger partial charge in [0.05, 0.1) is 15.3 Å². The number of rotatable bonds is 4. The highest BCUT2D eigenvalue weighted by Gasteiger charge is 2.48. The smallest absolute Gasteiger partial charge is 0.261 e. The normalized spacial score (nSPS) is 29.3. The summed E-state index contributed by atoms with van der Waals surface area (Å²) in [6.45, 7) is 6.03. The Bertz CT molecular complexity index is 772. The van der Waals surface area contributed by atoms with Gasteiger partial charge in [-0.15, -0.1) is 11.3 Å². The van der Waals surface area contributed by atoms with Crippen molar-refractivity contribution in [3.8, 4) is 0 Å². The lowest BCUT2D eigenvalue weighted by atomic mass is 9.78. The predicted molar refractivity (Wildman–Crippen MR) is 116 cm³/mol. The molecule has 30 heavy (non-hydrogen) atoms. The number of nitrogens with one attached hydrogen (secondary N) is 1. The van der Waals surface area contributed by atoms with Crippen molar-refractivity contribution in [2.75, 3.05) is 46.4 Å². The fourth-order valence-corrected chi connectivity index (χ4v) is 5.95. The fraction of sp³-hybridized carbons (Fsp3) is 0.714. The molecule has 2 amide bonds. The van der Waals surface area contributed by atoms with Crippen molar-refractivity contribution in [2.24, 2.45) is 5.41 Å². The maximum Gasteiger partial charge on any atom is 0.261 e. The van der Waals surface area contributed by atoms with Crippen LogP contribution < -0.4 is 5.32 Å². The molecule has 0 radical (unpaired) electrons. The van der Waals surface area contributed by atoms with Crippen LogP contribution in [0.2, 0.25) is 4.34 Å². The van der Waals surface area contributed by atoms with Gasteiger partial charge in [-0.25, -0.2) is 0 Å². The summed E-state index contributed by atoms with van der Waals surface area (Å²) in [5.74, 6) is -0.107. The summed E-state index contributed by atoms with van der Waals surface area (Å²) in [7, 11) is 2.02. The summed E-state index contributed by atoms with van der Waals surface area (Å²) in [4.78, 5) is 30.7. The number of thiophene rings is 1. The van der Waals surface area contributed by atoms with Gasteiger partial charge in [0.15, 0.2) is 0 Å². The zero-order chi connectivity index (χ0) is 21.3. The molecule has 3 aliphatic rings. The summed E-state index contributed by atoms with van der Waals surface area (Å²) in [5.41, 5.74) is 0.0712. The van der Waals surface area contributed by atoms with E-state index in [1.807, 2.05) is 18.9 Å². The second-order valence-corrected chi connectivity index (χ2v) is 10.6. The molecule has 0 aliphatic carbocycles. The number of hydrogen-bond acceptors (Lipinski definition) is 6. The average Bonchev–Trinajstić information content (AvgIpc) is 3.29. The molecule has 1 spiro atoms. The number of halogens is 1. The Morgan fingerprint density at radius 3 is 2.73 bits per heavy atom. The summed E-state index contributed by atoms with van der Waals surface area (Å²) < 4.78 is 12.2. The predicted octanol–water partition coefficient (Wildman–Crippen LogP) is 2.25. The van der Waals surface area contributed by atoms with Crippen molar-refractivity contribution in [2.45, 2.75) is 44.4 Å². The van der Waals surface area contributed by atoms with Crippen LogP contribution in [0.5, 0.6) is 0 Å². The molecular weight excluding hydrogens is 426 g/mol.